The smallest absolute Gasteiger partial charge is 0.416 e. The summed E-state index contributed by atoms with van der Waals surface area (Å²) >= 11 is 5.85. The topological polar surface area (TPSA) is 55.4 Å². The monoisotopic (exact) mass is 363 g/mol. The molecule has 1 fully saturated rings. The Morgan fingerprint density at radius 3 is 2.38 bits per heavy atom. The highest BCUT2D eigenvalue weighted by molar-refractivity contribution is 6.33. The lowest BCUT2D eigenvalue weighted by molar-refractivity contribution is -0.146. The van der Waals surface area contributed by atoms with Gasteiger partial charge in [0.15, 0.2) is 0 Å². The van der Waals surface area contributed by atoms with Crippen molar-refractivity contribution in [2.24, 2.45) is 5.92 Å². The fourth-order valence-electron chi connectivity index (χ4n) is 2.78. The van der Waals surface area contributed by atoms with E-state index in [-0.39, 0.29) is 28.5 Å². The van der Waals surface area contributed by atoms with Gasteiger partial charge in [-0.2, -0.15) is 13.2 Å². The summed E-state index contributed by atoms with van der Waals surface area (Å²) < 4.78 is 43.0. The van der Waals surface area contributed by atoms with Crippen molar-refractivity contribution in [1.82, 2.24) is 5.32 Å². The highest BCUT2D eigenvalue weighted by Gasteiger charge is 2.32. The lowest BCUT2D eigenvalue weighted by Crippen LogP contribution is -2.39. The van der Waals surface area contributed by atoms with E-state index < -0.39 is 17.6 Å². The van der Waals surface area contributed by atoms with E-state index in [2.05, 4.69) is 10.1 Å². The van der Waals surface area contributed by atoms with Gasteiger partial charge in [-0.05, 0) is 43.9 Å². The van der Waals surface area contributed by atoms with Gasteiger partial charge in [0, 0.05) is 6.04 Å². The summed E-state index contributed by atoms with van der Waals surface area (Å²) in [5, 5.41) is 2.65. The Balaban J connectivity index is 2.02. The maximum atomic E-state index is 12.8. The van der Waals surface area contributed by atoms with E-state index in [1.165, 1.54) is 7.11 Å². The lowest BCUT2D eigenvalue weighted by Gasteiger charge is -2.27. The second-order valence-electron chi connectivity index (χ2n) is 5.74. The molecule has 0 atom stereocenters. The molecule has 0 saturated heterocycles. The van der Waals surface area contributed by atoms with E-state index in [4.69, 9.17) is 11.6 Å². The predicted octanol–water partition coefficient (Wildman–Crippen LogP) is 3.82. The second kappa shape index (κ2) is 7.42. The zero-order chi connectivity index (χ0) is 17.9. The molecule has 1 N–H and O–H groups in total. The molecular formula is C16H17ClF3NO3. The molecule has 8 heteroatoms. The summed E-state index contributed by atoms with van der Waals surface area (Å²) in [5.74, 6) is -1.12. The maximum Gasteiger partial charge on any atom is 0.416 e. The quantitative estimate of drug-likeness (QED) is 0.831. The molecule has 4 nitrogen and oxygen atoms in total. The van der Waals surface area contributed by atoms with Gasteiger partial charge in [-0.1, -0.05) is 11.6 Å². The van der Waals surface area contributed by atoms with Crippen molar-refractivity contribution in [2.75, 3.05) is 7.11 Å². The van der Waals surface area contributed by atoms with Gasteiger partial charge in [0.25, 0.3) is 5.91 Å². The van der Waals surface area contributed by atoms with Gasteiger partial charge in [0.2, 0.25) is 0 Å². The molecule has 0 aromatic heterocycles. The Hall–Kier alpha value is -1.76. The maximum absolute atomic E-state index is 12.8. The van der Waals surface area contributed by atoms with E-state index in [1.54, 1.807) is 0 Å². The first-order valence-corrected chi connectivity index (χ1v) is 7.85. The molecule has 1 aliphatic carbocycles. The molecule has 1 amide bonds. The number of halogens is 4. The first-order chi connectivity index (χ1) is 11.2. The minimum absolute atomic E-state index is 0.0382. The predicted molar refractivity (Wildman–Crippen MR) is 81.7 cm³/mol. The molecule has 0 radical (unpaired) electrons. The van der Waals surface area contributed by atoms with Gasteiger partial charge in [0.05, 0.1) is 29.2 Å². The van der Waals surface area contributed by atoms with Crippen LogP contribution in [-0.4, -0.2) is 25.0 Å². The number of esters is 1. The summed E-state index contributed by atoms with van der Waals surface area (Å²) in [6, 6.07) is 2.44. The van der Waals surface area contributed by atoms with Crippen LogP contribution in [0.4, 0.5) is 13.2 Å². The SMILES string of the molecule is COC(=O)C1CCC(NC(=O)c2cc(C(F)(F)F)ccc2Cl)CC1. The van der Waals surface area contributed by atoms with Crippen LogP contribution in [-0.2, 0) is 15.7 Å². The van der Waals surface area contributed by atoms with E-state index in [9.17, 15) is 22.8 Å². The molecule has 0 heterocycles. The number of ether oxygens (including phenoxy) is 1. The first-order valence-electron chi connectivity index (χ1n) is 7.47. The van der Waals surface area contributed by atoms with Crippen LogP contribution in [0.2, 0.25) is 5.02 Å². The standard InChI is InChI=1S/C16H17ClF3NO3/c1-24-15(23)9-2-5-11(6-3-9)21-14(22)12-8-10(16(18,19)20)4-7-13(12)17/h4,7-9,11H,2-3,5-6H2,1H3,(H,21,22). The third-order valence-corrected chi connectivity index (χ3v) is 4.46. The van der Waals surface area contributed by atoms with Gasteiger partial charge < -0.3 is 10.1 Å². The summed E-state index contributed by atoms with van der Waals surface area (Å²) in [7, 11) is 1.33. The Bertz CT molecular complexity index is 625. The molecule has 0 bridgehead atoms. The molecule has 24 heavy (non-hydrogen) atoms. The van der Waals surface area contributed by atoms with Crippen molar-refractivity contribution in [1.29, 1.82) is 0 Å². The van der Waals surface area contributed by atoms with Crippen LogP contribution in [0.3, 0.4) is 0 Å². The molecule has 132 valence electrons. The molecule has 2 rings (SSSR count). The van der Waals surface area contributed by atoms with Gasteiger partial charge >= 0.3 is 12.1 Å². The third-order valence-electron chi connectivity index (χ3n) is 4.14. The van der Waals surface area contributed by atoms with Crippen LogP contribution >= 0.6 is 11.6 Å². The minimum Gasteiger partial charge on any atom is -0.469 e. The van der Waals surface area contributed by atoms with Crippen LogP contribution in [0.15, 0.2) is 18.2 Å². The second-order valence-corrected chi connectivity index (χ2v) is 6.14. The number of hydrogen-bond acceptors (Lipinski definition) is 3. The van der Waals surface area contributed by atoms with Gasteiger partial charge in [0.1, 0.15) is 0 Å². The highest BCUT2D eigenvalue weighted by Crippen LogP contribution is 2.32. The van der Waals surface area contributed by atoms with Gasteiger partial charge in [-0.15, -0.1) is 0 Å². The average molecular weight is 364 g/mol. The number of hydrogen-bond donors (Lipinski definition) is 1. The molecule has 1 aliphatic rings. The van der Waals surface area contributed by atoms with Crippen LogP contribution in [0.1, 0.15) is 41.6 Å². The van der Waals surface area contributed by atoms with E-state index >= 15 is 0 Å². The fraction of sp³-hybridized carbons (Fsp3) is 0.500. The number of benzene rings is 1. The largest absolute Gasteiger partial charge is 0.469 e. The van der Waals surface area contributed by atoms with Crippen molar-refractivity contribution >= 4 is 23.5 Å². The fourth-order valence-corrected chi connectivity index (χ4v) is 2.98. The average Bonchev–Trinajstić information content (AvgIpc) is 2.54. The van der Waals surface area contributed by atoms with Crippen molar-refractivity contribution in [3.8, 4) is 0 Å². The Morgan fingerprint density at radius 1 is 1.21 bits per heavy atom. The number of amides is 1. The molecule has 1 aromatic rings. The number of carbonyl (C=O) groups excluding carboxylic acids is 2. The minimum atomic E-state index is -4.54. The van der Waals surface area contributed by atoms with E-state index in [1.807, 2.05) is 0 Å². The highest BCUT2D eigenvalue weighted by atomic mass is 35.5. The number of carbonyl (C=O) groups is 2. The normalized spacial score (nSPS) is 21.2. The summed E-state index contributed by atoms with van der Waals surface area (Å²) in [5.41, 5.74) is -1.13. The molecule has 1 aromatic carbocycles. The summed E-state index contributed by atoms with van der Waals surface area (Å²) in [6.07, 6.45) is -2.30. The van der Waals surface area contributed by atoms with Crippen LogP contribution in [0.5, 0.6) is 0 Å². The zero-order valence-electron chi connectivity index (χ0n) is 13.0. The number of alkyl halides is 3. The Labute approximate surface area is 142 Å². The van der Waals surface area contributed by atoms with Gasteiger partial charge in [-0.3, -0.25) is 9.59 Å². The van der Waals surface area contributed by atoms with E-state index in [0.717, 1.165) is 18.2 Å². The Kier molecular flexibility index (Phi) is 5.74. The number of nitrogens with one attached hydrogen (secondary N) is 1. The molecule has 0 aliphatic heterocycles. The lowest BCUT2D eigenvalue weighted by atomic mass is 9.86. The molecule has 0 unspecified atom stereocenters. The molecule has 1 saturated carbocycles. The van der Waals surface area contributed by atoms with Crippen LogP contribution < -0.4 is 5.32 Å². The summed E-state index contributed by atoms with van der Waals surface area (Å²) in [4.78, 5) is 23.7. The summed E-state index contributed by atoms with van der Waals surface area (Å²) in [6.45, 7) is 0. The van der Waals surface area contributed by atoms with E-state index in [0.29, 0.717) is 25.7 Å². The van der Waals surface area contributed by atoms with Crippen molar-refractivity contribution in [3.63, 3.8) is 0 Å². The van der Waals surface area contributed by atoms with Crippen LogP contribution in [0, 0.1) is 5.92 Å². The zero-order valence-corrected chi connectivity index (χ0v) is 13.7. The van der Waals surface area contributed by atoms with Crippen molar-refractivity contribution in [2.45, 2.75) is 37.9 Å². The number of methoxy groups -OCH3 is 1. The molecular weight excluding hydrogens is 347 g/mol. The first kappa shape index (κ1) is 18.6. The molecule has 0 spiro atoms. The van der Waals surface area contributed by atoms with Crippen molar-refractivity contribution in [3.05, 3.63) is 34.3 Å². The van der Waals surface area contributed by atoms with Crippen LogP contribution in [0.25, 0.3) is 0 Å². The Morgan fingerprint density at radius 2 is 1.83 bits per heavy atom. The van der Waals surface area contributed by atoms with Crippen molar-refractivity contribution < 1.29 is 27.5 Å². The number of rotatable bonds is 3. The van der Waals surface area contributed by atoms with Gasteiger partial charge in [-0.25, -0.2) is 0 Å². The third kappa shape index (κ3) is 4.41.